The Morgan fingerprint density at radius 3 is 2.37 bits per heavy atom. The third kappa shape index (κ3) is 3.44. The smallest absolute Gasteiger partial charge is 0.353 e. The van der Waals surface area contributed by atoms with E-state index < -0.39 is 10.9 Å². The van der Waals surface area contributed by atoms with E-state index in [1.165, 1.54) is 30.3 Å². The van der Waals surface area contributed by atoms with Crippen LogP contribution in [0.3, 0.4) is 0 Å². The van der Waals surface area contributed by atoms with Crippen LogP contribution < -0.4 is 4.74 Å². The molecule has 0 aliphatic rings. The van der Waals surface area contributed by atoms with Crippen molar-refractivity contribution in [3.63, 3.8) is 0 Å². The highest BCUT2D eigenvalue weighted by Crippen LogP contribution is 2.27. The molecule has 0 atom stereocenters. The number of hydrogen-bond acceptors (Lipinski definition) is 5. The van der Waals surface area contributed by atoms with E-state index in [2.05, 4.69) is 0 Å². The Balaban J connectivity index is 2.18. The van der Waals surface area contributed by atoms with Gasteiger partial charge in [0.15, 0.2) is 0 Å². The summed E-state index contributed by atoms with van der Waals surface area (Å²) >= 11 is 12.3. The number of thiophene rings is 1. The summed E-state index contributed by atoms with van der Waals surface area (Å²) in [5.41, 5.74) is 0. The number of rotatable bonds is 3. The van der Waals surface area contributed by atoms with Gasteiger partial charge in [0.25, 0.3) is 0 Å². The maximum atomic E-state index is 11.8. The minimum absolute atomic E-state index is 0.128. The molecule has 0 saturated carbocycles. The van der Waals surface area contributed by atoms with E-state index in [-0.39, 0.29) is 15.6 Å². The number of ether oxygens (including phenoxy) is 1. The fraction of sp³-hybridized carbons (Fsp3) is 0. The van der Waals surface area contributed by atoms with Gasteiger partial charge in [-0.1, -0.05) is 34.5 Å². The Morgan fingerprint density at radius 1 is 1.21 bits per heavy atom. The van der Waals surface area contributed by atoms with E-state index in [9.17, 15) is 14.9 Å². The van der Waals surface area contributed by atoms with Gasteiger partial charge in [0.1, 0.15) is 10.6 Å². The summed E-state index contributed by atoms with van der Waals surface area (Å²) in [6, 6.07) is 6.92. The highest BCUT2D eigenvalue weighted by Gasteiger charge is 2.17. The van der Waals surface area contributed by atoms with Crippen molar-refractivity contribution in [2.45, 2.75) is 0 Å². The molecule has 2 rings (SSSR count). The molecule has 0 aliphatic heterocycles. The topological polar surface area (TPSA) is 69.4 Å². The molecule has 8 heteroatoms. The monoisotopic (exact) mass is 317 g/mol. The van der Waals surface area contributed by atoms with Gasteiger partial charge in [-0.05, 0) is 24.3 Å². The molecule has 2 aromatic rings. The average Bonchev–Trinajstić information content (AvgIpc) is 2.76. The fourth-order valence-electron chi connectivity index (χ4n) is 1.28. The van der Waals surface area contributed by atoms with E-state index in [1.807, 2.05) is 0 Å². The summed E-state index contributed by atoms with van der Waals surface area (Å²) in [6.07, 6.45) is 0. The van der Waals surface area contributed by atoms with Crippen molar-refractivity contribution >= 4 is 45.5 Å². The Labute approximate surface area is 121 Å². The van der Waals surface area contributed by atoms with Crippen LogP contribution in [0.2, 0.25) is 10.0 Å². The maximum Gasteiger partial charge on any atom is 0.353 e. The van der Waals surface area contributed by atoms with Gasteiger partial charge in [0, 0.05) is 16.1 Å². The van der Waals surface area contributed by atoms with E-state index in [4.69, 9.17) is 27.9 Å². The summed E-state index contributed by atoms with van der Waals surface area (Å²) in [5.74, 6) is -0.519. The molecule has 0 spiro atoms. The van der Waals surface area contributed by atoms with Crippen LogP contribution in [0.15, 0.2) is 30.3 Å². The molecular formula is C11H5Cl2NO4S. The quantitative estimate of drug-likeness (QED) is 0.368. The first-order valence-electron chi connectivity index (χ1n) is 4.88. The molecule has 0 saturated heterocycles. The molecule has 1 aromatic heterocycles. The van der Waals surface area contributed by atoms with Gasteiger partial charge in [-0.15, -0.1) is 0 Å². The van der Waals surface area contributed by atoms with Crippen LogP contribution in [0.25, 0.3) is 0 Å². The molecule has 1 aromatic carbocycles. The first-order chi connectivity index (χ1) is 8.95. The molecule has 98 valence electrons. The molecule has 0 bridgehead atoms. The number of esters is 1. The molecule has 0 radical (unpaired) electrons. The Hall–Kier alpha value is -1.63. The minimum atomic E-state index is -0.698. The lowest BCUT2D eigenvalue weighted by molar-refractivity contribution is -0.380. The van der Waals surface area contributed by atoms with E-state index in [0.717, 1.165) is 11.3 Å². The van der Waals surface area contributed by atoms with Crippen LogP contribution in [-0.2, 0) is 0 Å². The van der Waals surface area contributed by atoms with E-state index in [0.29, 0.717) is 10.0 Å². The Morgan fingerprint density at radius 2 is 1.84 bits per heavy atom. The molecule has 19 heavy (non-hydrogen) atoms. The highest BCUT2D eigenvalue weighted by molar-refractivity contribution is 7.17. The average molecular weight is 318 g/mol. The van der Waals surface area contributed by atoms with Crippen LogP contribution in [-0.4, -0.2) is 10.9 Å². The summed E-state index contributed by atoms with van der Waals surface area (Å²) in [5, 5.41) is 11.0. The normalized spacial score (nSPS) is 10.2. The lowest BCUT2D eigenvalue weighted by Crippen LogP contribution is -2.06. The van der Waals surface area contributed by atoms with Crippen molar-refractivity contribution in [2.24, 2.45) is 0 Å². The lowest BCUT2D eigenvalue weighted by atomic mass is 10.3. The van der Waals surface area contributed by atoms with Crippen LogP contribution in [0.5, 0.6) is 5.75 Å². The van der Waals surface area contributed by atoms with E-state index in [1.54, 1.807) is 0 Å². The standard InChI is InChI=1S/C11H5Cl2NO4S/c12-6-3-7(13)5-8(4-6)18-11(15)9-1-2-10(19-9)14(16)17/h1-5H. The van der Waals surface area contributed by atoms with Crippen LogP contribution in [0, 0.1) is 10.1 Å². The lowest BCUT2D eigenvalue weighted by Gasteiger charge is -2.03. The second-order valence-corrected chi connectivity index (χ2v) is 5.32. The molecule has 5 nitrogen and oxygen atoms in total. The van der Waals surface area contributed by atoms with Crippen LogP contribution in [0.1, 0.15) is 9.67 Å². The third-order valence-corrected chi connectivity index (χ3v) is 3.47. The van der Waals surface area contributed by atoms with Gasteiger partial charge in [-0.25, -0.2) is 4.79 Å². The predicted octanol–water partition coefficient (Wildman–Crippen LogP) is 4.18. The van der Waals surface area contributed by atoms with Crippen molar-refractivity contribution < 1.29 is 14.5 Å². The predicted molar refractivity (Wildman–Crippen MR) is 72.4 cm³/mol. The molecule has 1 heterocycles. The van der Waals surface area contributed by atoms with Crippen LogP contribution in [0.4, 0.5) is 5.00 Å². The molecular weight excluding hydrogens is 313 g/mol. The molecule has 0 amide bonds. The number of carbonyl (C=O) groups excluding carboxylic acids is 1. The number of nitro groups is 1. The fourth-order valence-corrected chi connectivity index (χ4v) is 2.48. The molecule has 0 N–H and O–H groups in total. The van der Waals surface area contributed by atoms with Crippen molar-refractivity contribution in [1.29, 1.82) is 0 Å². The third-order valence-electron chi connectivity index (χ3n) is 2.02. The largest absolute Gasteiger partial charge is 0.422 e. The minimum Gasteiger partial charge on any atom is -0.422 e. The SMILES string of the molecule is O=C(Oc1cc(Cl)cc(Cl)c1)c1ccc([N+](=O)[O-])s1. The van der Waals surface area contributed by atoms with Gasteiger partial charge in [-0.2, -0.15) is 0 Å². The Kier molecular flexibility index (Phi) is 4.04. The van der Waals surface area contributed by atoms with Crippen molar-refractivity contribution in [1.82, 2.24) is 0 Å². The zero-order valence-electron chi connectivity index (χ0n) is 9.13. The molecule has 0 unspecified atom stereocenters. The first-order valence-corrected chi connectivity index (χ1v) is 6.45. The zero-order valence-corrected chi connectivity index (χ0v) is 11.5. The van der Waals surface area contributed by atoms with Gasteiger partial charge in [0.05, 0.1) is 4.92 Å². The Bertz CT molecular complexity index is 636. The van der Waals surface area contributed by atoms with Gasteiger partial charge in [0.2, 0.25) is 0 Å². The van der Waals surface area contributed by atoms with Crippen molar-refractivity contribution in [3.05, 3.63) is 55.4 Å². The number of benzene rings is 1. The van der Waals surface area contributed by atoms with Gasteiger partial charge >= 0.3 is 11.0 Å². The summed E-state index contributed by atoms with van der Waals surface area (Å²) in [7, 11) is 0. The van der Waals surface area contributed by atoms with Crippen molar-refractivity contribution in [3.8, 4) is 5.75 Å². The molecule has 0 aliphatic carbocycles. The summed E-state index contributed by atoms with van der Waals surface area (Å²) in [4.78, 5) is 21.8. The number of carbonyl (C=O) groups is 1. The second kappa shape index (κ2) is 5.56. The first kappa shape index (κ1) is 13.8. The van der Waals surface area contributed by atoms with Crippen LogP contribution >= 0.6 is 34.5 Å². The summed E-state index contributed by atoms with van der Waals surface area (Å²) in [6.45, 7) is 0. The van der Waals surface area contributed by atoms with Crippen molar-refractivity contribution in [2.75, 3.05) is 0 Å². The van der Waals surface area contributed by atoms with Gasteiger partial charge in [-0.3, -0.25) is 10.1 Å². The number of hydrogen-bond donors (Lipinski definition) is 0. The van der Waals surface area contributed by atoms with Gasteiger partial charge < -0.3 is 4.74 Å². The molecule has 0 fully saturated rings. The zero-order chi connectivity index (χ0) is 14.0. The number of nitrogens with zero attached hydrogens (tertiary/aromatic N) is 1. The highest BCUT2D eigenvalue weighted by atomic mass is 35.5. The summed E-state index contributed by atoms with van der Waals surface area (Å²) < 4.78 is 5.04. The maximum absolute atomic E-state index is 11.8. The second-order valence-electron chi connectivity index (χ2n) is 3.39. The number of halogens is 2. The van der Waals surface area contributed by atoms with E-state index >= 15 is 0 Å².